The second kappa shape index (κ2) is 4.43. The third-order valence-corrected chi connectivity index (χ3v) is 3.97. The van der Waals surface area contributed by atoms with Crippen molar-refractivity contribution in [2.45, 2.75) is 6.04 Å². The Hall–Kier alpha value is -1.73. The van der Waals surface area contributed by atoms with Crippen LogP contribution >= 0.6 is 11.6 Å². The molecular weight excluding hydrogens is 272 g/mol. The maximum Gasteiger partial charge on any atom is 0.288 e. The zero-order valence-electron chi connectivity index (χ0n) is 9.80. The lowest BCUT2D eigenvalue weighted by molar-refractivity contribution is -0.385. The van der Waals surface area contributed by atoms with Gasteiger partial charge in [-0.25, -0.2) is 4.98 Å². The van der Waals surface area contributed by atoms with Gasteiger partial charge in [0, 0.05) is 25.2 Å². The molecule has 7 nitrogen and oxygen atoms in total. The highest BCUT2D eigenvalue weighted by Crippen LogP contribution is 2.41. The first kappa shape index (κ1) is 12.3. The second-order valence-corrected chi connectivity index (χ2v) is 5.13. The van der Waals surface area contributed by atoms with Crippen LogP contribution in [-0.2, 0) is 0 Å². The maximum atomic E-state index is 12.0. The molecule has 1 aliphatic heterocycles. The van der Waals surface area contributed by atoms with Crippen LogP contribution in [0.3, 0.4) is 0 Å². The summed E-state index contributed by atoms with van der Waals surface area (Å²) in [6.07, 6.45) is 1.04. The number of aromatic nitrogens is 1. The largest absolute Gasteiger partial charge is 0.349 e. The summed E-state index contributed by atoms with van der Waals surface area (Å²) < 4.78 is 0. The summed E-state index contributed by atoms with van der Waals surface area (Å²) >= 11 is 5.81. The number of piperidine rings is 1. The Balaban J connectivity index is 1.75. The van der Waals surface area contributed by atoms with E-state index in [0.29, 0.717) is 11.8 Å². The molecule has 2 atom stereocenters. The van der Waals surface area contributed by atoms with Gasteiger partial charge in [-0.15, -0.1) is 0 Å². The number of nitro groups is 1. The van der Waals surface area contributed by atoms with Gasteiger partial charge in [0.2, 0.25) is 0 Å². The van der Waals surface area contributed by atoms with Crippen LogP contribution in [-0.4, -0.2) is 34.9 Å². The summed E-state index contributed by atoms with van der Waals surface area (Å²) in [5.74, 6) is 0.532. The average Bonchev–Trinajstić information content (AvgIpc) is 2.83. The number of hydrogen-bond donors (Lipinski definition) is 2. The highest BCUT2D eigenvalue weighted by Gasteiger charge is 2.53. The molecule has 2 fully saturated rings. The molecule has 1 aromatic rings. The van der Waals surface area contributed by atoms with Crippen LogP contribution in [0.1, 0.15) is 10.4 Å². The molecule has 0 aromatic carbocycles. The van der Waals surface area contributed by atoms with Gasteiger partial charge in [-0.3, -0.25) is 14.9 Å². The van der Waals surface area contributed by atoms with Crippen molar-refractivity contribution in [2.75, 3.05) is 13.1 Å². The summed E-state index contributed by atoms with van der Waals surface area (Å²) in [6.45, 7) is 1.80. The molecule has 3 rings (SSSR count). The van der Waals surface area contributed by atoms with Crippen LogP contribution in [0.15, 0.2) is 12.3 Å². The fourth-order valence-corrected chi connectivity index (χ4v) is 2.75. The number of rotatable bonds is 3. The van der Waals surface area contributed by atoms with Crippen molar-refractivity contribution < 1.29 is 9.72 Å². The Kier molecular flexibility index (Phi) is 2.87. The normalized spacial score (nSPS) is 27.7. The van der Waals surface area contributed by atoms with Crippen molar-refractivity contribution in [3.8, 4) is 0 Å². The van der Waals surface area contributed by atoms with E-state index in [9.17, 15) is 14.9 Å². The van der Waals surface area contributed by atoms with E-state index in [4.69, 9.17) is 11.6 Å². The van der Waals surface area contributed by atoms with Gasteiger partial charge in [-0.05, 0) is 11.8 Å². The Morgan fingerprint density at radius 2 is 2.21 bits per heavy atom. The van der Waals surface area contributed by atoms with E-state index in [1.165, 1.54) is 0 Å². The summed E-state index contributed by atoms with van der Waals surface area (Å²) in [7, 11) is 0. The smallest absolute Gasteiger partial charge is 0.288 e. The number of carbonyl (C=O) groups excluding carboxylic acids is 1. The third kappa shape index (κ3) is 2.15. The minimum atomic E-state index is -0.601. The van der Waals surface area contributed by atoms with Crippen LogP contribution in [0.5, 0.6) is 0 Å². The van der Waals surface area contributed by atoms with Gasteiger partial charge >= 0.3 is 0 Å². The maximum absolute atomic E-state index is 12.0. The van der Waals surface area contributed by atoms with Gasteiger partial charge in [0.15, 0.2) is 0 Å². The molecule has 19 heavy (non-hydrogen) atoms. The fraction of sp³-hybridized carbons (Fsp3) is 0.455. The second-order valence-electron chi connectivity index (χ2n) is 4.77. The molecule has 2 heterocycles. The van der Waals surface area contributed by atoms with E-state index in [2.05, 4.69) is 15.6 Å². The lowest BCUT2D eigenvalue weighted by Crippen LogP contribution is -2.32. The average molecular weight is 283 g/mol. The minimum absolute atomic E-state index is 0.0213. The van der Waals surface area contributed by atoms with Crippen molar-refractivity contribution in [2.24, 2.45) is 11.8 Å². The van der Waals surface area contributed by atoms with Crippen LogP contribution in [0.2, 0.25) is 5.15 Å². The van der Waals surface area contributed by atoms with E-state index in [1.54, 1.807) is 0 Å². The van der Waals surface area contributed by atoms with Gasteiger partial charge in [0.1, 0.15) is 11.3 Å². The minimum Gasteiger partial charge on any atom is -0.349 e. The number of pyridine rings is 1. The molecule has 2 unspecified atom stereocenters. The van der Waals surface area contributed by atoms with Crippen molar-refractivity contribution in [3.63, 3.8) is 0 Å². The molecule has 1 saturated heterocycles. The van der Waals surface area contributed by atoms with E-state index in [-0.39, 0.29) is 22.4 Å². The molecular formula is C11H11ClN4O3. The van der Waals surface area contributed by atoms with E-state index in [0.717, 1.165) is 25.4 Å². The van der Waals surface area contributed by atoms with Gasteiger partial charge in [0.25, 0.3) is 11.6 Å². The number of carbonyl (C=O) groups is 1. The zero-order chi connectivity index (χ0) is 13.6. The first-order valence-corrected chi connectivity index (χ1v) is 6.27. The number of halogens is 1. The van der Waals surface area contributed by atoms with Crippen LogP contribution < -0.4 is 10.6 Å². The number of fused-ring (bicyclic) bond motifs is 1. The number of nitrogens with zero attached hydrogens (tertiary/aromatic N) is 2. The lowest BCUT2D eigenvalue weighted by atomic mass is 10.2. The number of hydrogen-bond acceptors (Lipinski definition) is 5. The zero-order valence-corrected chi connectivity index (χ0v) is 10.6. The molecule has 1 saturated carbocycles. The lowest BCUT2D eigenvalue weighted by Gasteiger charge is -2.08. The summed E-state index contributed by atoms with van der Waals surface area (Å²) in [6, 6.07) is 1.30. The molecule has 0 spiro atoms. The Labute approximate surface area is 113 Å². The Bertz CT molecular complexity index is 555. The first-order valence-electron chi connectivity index (χ1n) is 5.89. The third-order valence-electron chi connectivity index (χ3n) is 3.67. The van der Waals surface area contributed by atoms with Crippen molar-refractivity contribution in [1.29, 1.82) is 0 Å². The predicted octanol–water partition coefficient (Wildman–Crippen LogP) is 0.591. The Morgan fingerprint density at radius 1 is 1.53 bits per heavy atom. The van der Waals surface area contributed by atoms with Gasteiger partial charge in [-0.2, -0.15) is 0 Å². The van der Waals surface area contributed by atoms with Gasteiger partial charge in [0.05, 0.1) is 10.5 Å². The fourth-order valence-electron chi connectivity index (χ4n) is 2.56. The molecule has 1 aromatic heterocycles. The van der Waals surface area contributed by atoms with Gasteiger partial charge < -0.3 is 10.6 Å². The summed E-state index contributed by atoms with van der Waals surface area (Å²) in [5.41, 5.74) is -0.194. The van der Waals surface area contributed by atoms with Crippen molar-refractivity contribution in [3.05, 3.63) is 33.1 Å². The first-order chi connectivity index (χ1) is 9.08. The molecule has 100 valence electrons. The molecule has 0 radical (unpaired) electrons. The van der Waals surface area contributed by atoms with Crippen LogP contribution in [0.25, 0.3) is 0 Å². The molecule has 1 amide bonds. The van der Waals surface area contributed by atoms with Crippen molar-refractivity contribution >= 4 is 23.2 Å². The molecule has 1 aliphatic carbocycles. The molecule has 2 N–H and O–H groups in total. The van der Waals surface area contributed by atoms with E-state index < -0.39 is 10.8 Å². The topological polar surface area (TPSA) is 97.2 Å². The highest BCUT2D eigenvalue weighted by atomic mass is 35.5. The Morgan fingerprint density at radius 3 is 2.84 bits per heavy atom. The van der Waals surface area contributed by atoms with Crippen LogP contribution in [0, 0.1) is 22.0 Å². The predicted molar refractivity (Wildman–Crippen MR) is 67.0 cm³/mol. The molecule has 2 aliphatic rings. The molecule has 8 heteroatoms. The standard InChI is InChI=1S/C11H11ClN4O3/c12-10-6(1-5(2-14-10)16(18)19)11(17)15-9-7-3-13-4-8(7)9/h1-2,7-9,13H,3-4H2,(H,15,17). The molecule has 0 bridgehead atoms. The summed E-state index contributed by atoms with van der Waals surface area (Å²) in [4.78, 5) is 25.8. The summed E-state index contributed by atoms with van der Waals surface area (Å²) in [5, 5.41) is 16.7. The van der Waals surface area contributed by atoms with E-state index in [1.807, 2.05) is 0 Å². The van der Waals surface area contributed by atoms with Gasteiger partial charge in [-0.1, -0.05) is 11.6 Å². The number of nitrogens with one attached hydrogen (secondary N) is 2. The highest BCUT2D eigenvalue weighted by molar-refractivity contribution is 6.32. The van der Waals surface area contributed by atoms with Crippen molar-refractivity contribution in [1.82, 2.24) is 15.6 Å². The number of amides is 1. The SMILES string of the molecule is O=C(NC1C2CNCC21)c1cc([N+](=O)[O-])cnc1Cl. The van der Waals surface area contributed by atoms with E-state index >= 15 is 0 Å². The van der Waals surface area contributed by atoms with Crippen LogP contribution in [0.4, 0.5) is 5.69 Å². The quantitative estimate of drug-likeness (QED) is 0.480. The monoisotopic (exact) mass is 282 g/mol.